The summed E-state index contributed by atoms with van der Waals surface area (Å²) >= 11 is 0. The summed E-state index contributed by atoms with van der Waals surface area (Å²) in [4.78, 5) is 1.68. The number of aliphatic hydroxyl groups is 1. The highest BCUT2D eigenvalue weighted by atomic mass is 19.4. The van der Waals surface area contributed by atoms with Crippen LogP contribution < -0.4 is 0 Å². The van der Waals surface area contributed by atoms with Gasteiger partial charge in [-0.1, -0.05) is 6.92 Å². The van der Waals surface area contributed by atoms with Crippen LogP contribution in [-0.2, 0) is 0 Å². The standard InChI is InChI=1S/C10H18F3NO/c1-3-14(2)9-6-7(15)4-5-8(9)10(11,12)13/h7-9,15H,3-6H2,1-2H3. The van der Waals surface area contributed by atoms with Crippen LogP contribution in [0.5, 0.6) is 0 Å². The van der Waals surface area contributed by atoms with Gasteiger partial charge >= 0.3 is 6.18 Å². The van der Waals surface area contributed by atoms with Crippen molar-refractivity contribution in [3.8, 4) is 0 Å². The molecule has 3 unspecified atom stereocenters. The fourth-order valence-electron chi connectivity index (χ4n) is 2.23. The number of rotatable bonds is 2. The van der Waals surface area contributed by atoms with Crippen molar-refractivity contribution < 1.29 is 18.3 Å². The second-order valence-electron chi connectivity index (χ2n) is 4.26. The van der Waals surface area contributed by atoms with Crippen molar-refractivity contribution in [3.05, 3.63) is 0 Å². The first-order valence-corrected chi connectivity index (χ1v) is 5.31. The number of hydrogen-bond donors (Lipinski definition) is 1. The summed E-state index contributed by atoms with van der Waals surface area (Å²) in [7, 11) is 1.68. The van der Waals surface area contributed by atoms with E-state index in [-0.39, 0.29) is 19.3 Å². The van der Waals surface area contributed by atoms with Crippen LogP contribution in [0.25, 0.3) is 0 Å². The van der Waals surface area contributed by atoms with Gasteiger partial charge in [-0.25, -0.2) is 0 Å². The summed E-state index contributed by atoms with van der Waals surface area (Å²) in [5.74, 6) is -1.29. The summed E-state index contributed by atoms with van der Waals surface area (Å²) in [6, 6.07) is -0.571. The molecule has 0 bridgehead atoms. The SMILES string of the molecule is CCN(C)C1CC(O)CCC1C(F)(F)F. The third-order valence-electron chi connectivity index (χ3n) is 3.27. The lowest BCUT2D eigenvalue weighted by molar-refractivity contribution is -0.203. The summed E-state index contributed by atoms with van der Waals surface area (Å²) in [5.41, 5.74) is 0. The van der Waals surface area contributed by atoms with Crippen molar-refractivity contribution in [2.45, 2.75) is 44.5 Å². The van der Waals surface area contributed by atoms with Crippen LogP contribution in [0.4, 0.5) is 13.2 Å². The molecule has 1 aliphatic rings. The fraction of sp³-hybridized carbons (Fsp3) is 1.00. The summed E-state index contributed by atoms with van der Waals surface area (Å²) < 4.78 is 38.1. The first-order chi connectivity index (χ1) is 6.86. The Morgan fingerprint density at radius 2 is 1.93 bits per heavy atom. The second-order valence-corrected chi connectivity index (χ2v) is 4.26. The van der Waals surface area contributed by atoms with Crippen molar-refractivity contribution in [2.75, 3.05) is 13.6 Å². The van der Waals surface area contributed by atoms with Gasteiger partial charge in [0.15, 0.2) is 0 Å². The molecule has 90 valence electrons. The predicted octanol–water partition coefficient (Wildman–Crippen LogP) is 2.03. The van der Waals surface area contributed by atoms with Gasteiger partial charge < -0.3 is 10.0 Å². The van der Waals surface area contributed by atoms with E-state index in [1.54, 1.807) is 11.9 Å². The smallest absolute Gasteiger partial charge is 0.393 e. The molecule has 1 saturated carbocycles. The van der Waals surface area contributed by atoms with Crippen molar-refractivity contribution in [2.24, 2.45) is 5.92 Å². The molecular weight excluding hydrogens is 207 g/mol. The highest BCUT2D eigenvalue weighted by Crippen LogP contribution is 2.39. The number of halogens is 3. The molecule has 0 aromatic heterocycles. The van der Waals surface area contributed by atoms with E-state index in [0.717, 1.165) is 0 Å². The zero-order chi connectivity index (χ0) is 11.6. The number of aliphatic hydroxyl groups excluding tert-OH is 1. The van der Waals surface area contributed by atoms with Gasteiger partial charge in [0.25, 0.3) is 0 Å². The largest absolute Gasteiger partial charge is 0.393 e. The minimum absolute atomic E-state index is 0.0413. The maximum absolute atomic E-state index is 12.7. The Kier molecular flexibility index (Phi) is 4.00. The first-order valence-electron chi connectivity index (χ1n) is 5.31. The van der Waals surface area contributed by atoms with Gasteiger partial charge in [0.1, 0.15) is 0 Å². The zero-order valence-corrected chi connectivity index (χ0v) is 9.09. The van der Waals surface area contributed by atoms with E-state index in [2.05, 4.69) is 0 Å². The van der Waals surface area contributed by atoms with Crippen LogP contribution in [0.15, 0.2) is 0 Å². The Balaban J connectivity index is 2.75. The van der Waals surface area contributed by atoms with Gasteiger partial charge in [0, 0.05) is 6.04 Å². The van der Waals surface area contributed by atoms with Gasteiger partial charge in [-0.3, -0.25) is 0 Å². The van der Waals surface area contributed by atoms with E-state index in [1.807, 2.05) is 6.92 Å². The Morgan fingerprint density at radius 3 is 2.40 bits per heavy atom. The maximum atomic E-state index is 12.7. The minimum Gasteiger partial charge on any atom is -0.393 e. The molecule has 0 spiro atoms. The summed E-state index contributed by atoms with van der Waals surface area (Å²) in [6.45, 7) is 2.40. The van der Waals surface area contributed by atoms with E-state index in [0.29, 0.717) is 6.54 Å². The molecule has 5 heteroatoms. The maximum Gasteiger partial charge on any atom is 0.393 e. The molecule has 1 rings (SSSR count). The Morgan fingerprint density at radius 1 is 1.33 bits per heavy atom. The van der Waals surface area contributed by atoms with E-state index in [4.69, 9.17) is 0 Å². The van der Waals surface area contributed by atoms with E-state index >= 15 is 0 Å². The lowest BCUT2D eigenvalue weighted by Crippen LogP contribution is -2.49. The van der Waals surface area contributed by atoms with Crippen LogP contribution in [0.2, 0.25) is 0 Å². The average Bonchev–Trinajstić information content (AvgIpc) is 2.14. The van der Waals surface area contributed by atoms with Crippen molar-refractivity contribution in [3.63, 3.8) is 0 Å². The molecule has 0 radical (unpaired) electrons. The van der Waals surface area contributed by atoms with Crippen molar-refractivity contribution in [1.82, 2.24) is 4.90 Å². The van der Waals surface area contributed by atoms with Crippen LogP contribution >= 0.6 is 0 Å². The van der Waals surface area contributed by atoms with Crippen molar-refractivity contribution >= 4 is 0 Å². The normalized spacial score (nSPS) is 33.4. The summed E-state index contributed by atoms with van der Waals surface area (Å²) in [5, 5.41) is 9.41. The van der Waals surface area contributed by atoms with Gasteiger partial charge in [-0.15, -0.1) is 0 Å². The Bertz CT molecular complexity index is 207. The molecule has 15 heavy (non-hydrogen) atoms. The van der Waals surface area contributed by atoms with Crippen LogP contribution in [0, 0.1) is 5.92 Å². The van der Waals surface area contributed by atoms with Crippen molar-refractivity contribution in [1.29, 1.82) is 0 Å². The molecular formula is C10H18F3NO. The fourth-order valence-corrected chi connectivity index (χ4v) is 2.23. The zero-order valence-electron chi connectivity index (χ0n) is 9.09. The lowest BCUT2D eigenvalue weighted by atomic mass is 9.81. The summed E-state index contributed by atoms with van der Waals surface area (Å²) in [6.07, 6.45) is -4.19. The molecule has 1 aliphatic carbocycles. The quantitative estimate of drug-likeness (QED) is 0.777. The van der Waals surface area contributed by atoms with Crippen LogP contribution in [-0.4, -0.2) is 41.9 Å². The highest BCUT2D eigenvalue weighted by molar-refractivity contribution is 4.89. The van der Waals surface area contributed by atoms with Gasteiger partial charge in [0.2, 0.25) is 0 Å². The minimum atomic E-state index is -4.14. The number of hydrogen-bond acceptors (Lipinski definition) is 2. The molecule has 0 saturated heterocycles. The average molecular weight is 225 g/mol. The molecule has 1 fully saturated rings. The Hall–Kier alpha value is -0.290. The van der Waals surface area contributed by atoms with Gasteiger partial charge in [-0.2, -0.15) is 13.2 Å². The molecule has 0 aromatic rings. The third-order valence-corrected chi connectivity index (χ3v) is 3.27. The molecule has 2 nitrogen and oxygen atoms in total. The number of nitrogens with zero attached hydrogens (tertiary/aromatic N) is 1. The number of alkyl halides is 3. The van der Waals surface area contributed by atoms with Crippen LogP contribution in [0.3, 0.4) is 0 Å². The monoisotopic (exact) mass is 225 g/mol. The molecule has 1 N–H and O–H groups in total. The van der Waals surface area contributed by atoms with Crippen LogP contribution in [0.1, 0.15) is 26.2 Å². The Labute approximate surface area is 88.1 Å². The van der Waals surface area contributed by atoms with E-state index in [1.165, 1.54) is 0 Å². The lowest BCUT2D eigenvalue weighted by Gasteiger charge is -2.40. The topological polar surface area (TPSA) is 23.5 Å². The predicted molar refractivity (Wildman–Crippen MR) is 51.5 cm³/mol. The molecule has 0 amide bonds. The molecule has 0 heterocycles. The molecule has 0 aliphatic heterocycles. The van der Waals surface area contributed by atoms with Gasteiger partial charge in [-0.05, 0) is 32.9 Å². The second kappa shape index (κ2) is 4.70. The third kappa shape index (κ3) is 3.08. The van der Waals surface area contributed by atoms with E-state index in [9.17, 15) is 18.3 Å². The highest BCUT2D eigenvalue weighted by Gasteiger charge is 2.48. The first kappa shape index (κ1) is 12.8. The molecule has 0 aromatic carbocycles. The van der Waals surface area contributed by atoms with Gasteiger partial charge in [0.05, 0.1) is 12.0 Å². The molecule has 3 atom stereocenters. The van der Waals surface area contributed by atoms with E-state index < -0.39 is 24.2 Å².